The topological polar surface area (TPSA) is 86.7 Å². The van der Waals surface area contributed by atoms with Gasteiger partial charge in [-0.25, -0.2) is 0 Å². The number of aromatic hydroxyl groups is 2. The number of hydrogen-bond donors (Lipinski definition) is 4. The standard InChI is InChI=1S/C10H15NO3/c1-5-3-7(13)9(8(14)4-5)10(11)6(2)12/h3-4,6,10,12-14H,11H2,1-2H3/t6-,10-/m0/s1. The van der Waals surface area contributed by atoms with E-state index in [0.29, 0.717) is 0 Å². The molecule has 0 aromatic heterocycles. The lowest BCUT2D eigenvalue weighted by atomic mass is 9.99. The molecule has 0 saturated heterocycles. The minimum Gasteiger partial charge on any atom is -0.507 e. The number of phenols is 2. The molecule has 4 heteroatoms. The van der Waals surface area contributed by atoms with Gasteiger partial charge in [-0.1, -0.05) is 0 Å². The molecule has 0 saturated carbocycles. The monoisotopic (exact) mass is 197 g/mol. The molecule has 0 heterocycles. The van der Waals surface area contributed by atoms with Crippen LogP contribution >= 0.6 is 0 Å². The molecule has 2 atom stereocenters. The van der Waals surface area contributed by atoms with E-state index in [4.69, 9.17) is 5.73 Å². The highest BCUT2D eigenvalue weighted by Gasteiger charge is 2.20. The Morgan fingerprint density at radius 3 is 2.00 bits per heavy atom. The van der Waals surface area contributed by atoms with Crippen LogP contribution in [0.25, 0.3) is 0 Å². The quantitative estimate of drug-likeness (QED) is 0.564. The summed E-state index contributed by atoms with van der Waals surface area (Å²) in [7, 11) is 0. The third-order valence-corrected chi connectivity index (χ3v) is 2.13. The van der Waals surface area contributed by atoms with E-state index < -0.39 is 12.1 Å². The summed E-state index contributed by atoms with van der Waals surface area (Å²) in [4.78, 5) is 0. The number of benzene rings is 1. The highest BCUT2D eigenvalue weighted by atomic mass is 16.3. The lowest BCUT2D eigenvalue weighted by Gasteiger charge is -2.18. The normalized spacial score (nSPS) is 15.1. The fourth-order valence-electron chi connectivity index (χ4n) is 1.34. The minimum absolute atomic E-state index is 0.0871. The van der Waals surface area contributed by atoms with Gasteiger partial charge < -0.3 is 21.1 Å². The average Bonchev–Trinajstić information content (AvgIpc) is 2.01. The Hall–Kier alpha value is -1.26. The minimum atomic E-state index is -0.825. The zero-order chi connectivity index (χ0) is 10.9. The summed E-state index contributed by atoms with van der Waals surface area (Å²) < 4.78 is 0. The summed E-state index contributed by atoms with van der Waals surface area (Å²) in [5.74, 6) is -0.174. The molecule has 1 aromatic carbocycles. The first kappa shape index (κ1) is 10.8. The molecule has 14 heavy (non-hydrogen) atoms. The van der Waals surface area contributed by atoms with Gasteiger partial charge in [0.2, 0.25) is 0 Å². The largest absolute Gasteiger partial charge is 0.507 e. The van der Waals surface area contributed by atoms with Gasteiger partial charge in [0.15, 0.2) is 0 Å². The second-order valence-corrected chi connectivity index (χ2v) is 3.48. The van der Waals surface area contributed by atoms with Crippen LogP contribution in [0.5, 0.6) is 11.5 Å². The number of aliphatic hydroxyl groups is 1. The van der Waals surface area contributed by atoms with Crippen LogP contribution in [0.4, 0.5) is 0 Å². The maximum Gasteiger partial charge on any atom is 0.124 e. The predicted octanol–water partition coefficient (Wildman–Crippen LogP) is 0.787. The summed E-state index contributed by atoms with van der Waals surface area (Å²) in [5, 5.41) is 28.3. The molecule has 0 aliphatic heterocycles. The van der Waals surface area contributed by atoms with Crippen LogP contribution < -0.4 is 5.73 Å². The third kappa shape index (κ3) is 1.97. The van der Waals surface area contributed by atoms with Crippen molar-refractivity contribution < 1.29 is 15.3 Å². The third-order valence-electron chi connectivity index (χ3n) is 2.13. The lowest BCUT2D eigenvalue weighted by molar-refractivity contribution is 0.161. The maximum atomic E-state index is 9.54. The van der Waals surface area contributed by atoms with Gasteiger partial charge >= 0.3 is 0 Å². The van der Waals surface area contributed by atoms with Gasteiger partial charge in [0.25, 0.3) is 0 Å². The molecular formula is C10H15NO3. The number of nitrogens with two attached hydrogens (primary N) is 1. The Bertz CT molecular complexity index is 313. The number of aryl methyl sites for hydroxylation is 1. The van der Waals surface area contributed by atoms with Crippen molar-refractivity contribution in [3.05, 3.63) is 23.3 Å². The van der Waals surface area contributed by atoms with Crippen molar-refractivity contribution in [1.29, 1.82) is 0 Å². The molecule has 5 N–H and O–H groups in total. The van der Waals surface area contributed by atoms with Crippen molar-refractivity contribution in [1.82, 2.24) is 0 Å². The molecule has 0 fully saturated rings. The van der Waals surface area contributed by atoms with Gasteiger partial charge in [-0.15, -0.1) is 0 Å². The molecule has 1 rings (SSSR count). The van der Waals surface area contributed by atoms with E-state index in [2.05, 4.69) is 0 Å². The zero-order valence-corrected chi connectivity index (χ0v) is 8.23. The van der Waals surface area contributed by atoms with Crippen LogP contribution in [0.1, 0.15) is 24.1 Å². The fourth-order valence-corrected chi connectivity index (χ4v) is 1.34. The van der Waals surface area contributed by atoms with Crippen LogP contribution in [0.3, 0.4) is 0 Å². The lowest BCUT2D eigenvalue weighted by Crippen LogP contribution is -2.23. The SMILES string of the molecule is Cc1cc(O)c([C@@H](N)[C@H](C)O)c(O)c1. The van der Waals surface area contributed by atoms with Crippen molar-refractivity contribution in [3.8, 4) is 11.5 Å². The number of phenolic OH excluding ortho intramolecular Hbond substituents is 2. The predicted molar refractivity (Wildman–Crippen MR) is 53.1 cm³/mol. The molecule has 1 aromatic rings. The second-order valence-electron chi connectivity index (χ2n) is 3.48. The molecular weight excluding hydrogens is 182 g/mol. The number of hydrogen-bond acceptors (Lipinski definition) is 4. The van der Waals surface area contributed by atoms with E-state index in [0.717, 1.165) is 5.56 Å². The van der Waals surface area contributed by atoms with E-state index in [9.17, 15) is 15.3 Å². The molecule has 0 aliphatic carbocycles. The van der Waals surface area contributed by atoms with Crippen LogP contribution in [-0.4, -0.2) is 21.4 Å². The van der Waals surface area contributed by atoms with Gasteiger partial charge in [0, 0.05) is 0 Å². The Balaban J connectivity index is 3.20. The fraction of sp³-hybridized carbons (Fsp3) is 0.400. The summed E-state index contributed by atoms with van der Waals surface area (Å²) in [6, 6.07) is 2.21. The van der Waals surface area contributed by atoms with E-state index in [1.807, 2.05) is 0 Å². The summed E-state index contributed by atoms with van der Waals surface area (Å²) in [5.41, 5.74) is 6.54. The summed E-state index contributed by atoms with van der Waals surface area (Å²) >= 11 is 0. The van der Waals surface area contributed by atoms with Gasteiger partial charge in [0.05, 0.1) is 17.7 Å². The molecule has 0 aliphatic rings. The molecule has 0 amide bonds. The maximum absolute atomic E-state index is 9.54. The Morgan fingerprint density at radius 1 is 1.21 bits per heavy atom. The van der Waals surface area contributed by atoms with Crippen molar-refractivity contribution in [2.75, 3.05) is 0 Å². The zero-order valence-electron chi connectivity index (χ0n) is 8.23. The van der Waals surface area contributed by atoms with Crippen LogP contribution in [0.2, 0.25) is 0 Å². The second kappa shape index (κ2) is 3.86. The van der Waals surface area contributed by atoms with Crippen molar-refractivity contribution in [3.63, 3.8) is 0 Å². The van der Waals surface area contributed by atoms with Gasteiger partial charge in [0.1, 0.15) is 11.5 Å². The molecule has 0 spiro atoms. The smallest absolute Gasteiger partial charge is 0.124 e. The van der Waals surface area contributed by atoms with E-state index in [1.54, 1.807) is 6.92 Å². The summed E-state index contributed by atoms with van der Waals surface area (Å²) in [6.07, 6.45) is -0.825. The molecule has 0 unspecified atom stereocenters. The average molecular weight is 197 g/mol. The van der Waals surface area contributed by atoms with Crippen molar-refractivity contribution >= 4 is 0 Å². The highest BCUT2D eigenvalue weighted by molar-refractivity contribution is 5.48. The highest BCUT2D eigenvalue weighted by Crippen LogP contribution is 2.34. The van der Waals surface area contributed by atoms with Gasteiger partial charge in [-0.3, -0.25) is 0 Å². The van der Waals surface area contributed by atoms with E-state index in [1.165, 1.54) is 19.1 Å². The molecule has 4 nitrogen and oxygen atoms in total. The Morgan fingerprint density at radius 2 is 1.64 bits per heavy atom. The van der Waals surface area contributed by atoms with Gasteiger partial charge in [-0.05, 0) is 31.5 Å². The first-order chi connectivity index (χ1) is 6.43. The van der Waals surface area contributed by atoms with Crippen LogP contribution in [0, 0.1) is 6.92 Å². The molecule has 78 valence electrons. The Labute approximate surface area is 82.6 Å². The van der Waals surface area contributed by atoms with E-state index in [-0.39, 0.29) is 17.1 Å². The van der Waals surface area contributed by atoms with Crippen LogP contribution in [0.15, 0.2) is 12.1 Å². The van der Waals surface area contributed by atoms with Crippen LogP contribution in [-0.2, 0) is 0 Å². The van der Waals surface area contributed by atoms with E-state index >= 15 is 0 Å². The molecule has 0 radical (unpaired) electrons. The molecule has 0 bridgehead atoms. The first-order valence-corrected chi connectivity index (χ1v) is 4.39. The summed E-state index contributed by atoms with van der Waals surface area (Å²) in [6.45, 7) is 3.25. The number of aliphatic hydroxyl groups excluding tert-OH is 1. The van der Waals surface area contributed by atoms with Crippen molar-refractivity contribution in [2.45, 2.75) is 26.0 Å². The van der Waals surface area contributed by atoms with Gasteiger partial charge in [-0.2, -0.15) is 0 Å². The first-order valence-electron chi connectivity index (χ1n) is 4.39. The van der Waals surface area contributed by atoms with Crippen molar-refractivity contribution in [2.24, 2.45) is 5.73 Å². The Kier molecular flexibility index (Phi) is 2.98. The number of rotatable bonds is 2.